The van der Waals surface area contributed by atoms with Crippen LogP contribution >= 0.6 is 0 Å². The molecule has 5 heteroatoms. The predicted octanol–water partition coefficient (Wildman–Crippen LogP) is 1.91. The third-order valence-electron chi connectivity index (χ3n) is 2.54. The van der Waals surface area contributed by atoms with Gasteiger partial charge in [-0.25, -0.2) is 9.97 Å². The number of nitrogens with two attached hydrogens (primary N) is 1. The monoisotopic (exact) mass is 240 g/mol. The Morgan fingerprint density at radius 3 is 2.78 bits per heavy atom. The predicted molar refractivity (Wildman–Crippen MR) is 67.9 cm³/mol. The summed E-state index contributed by atoms with van der Waals surface area (Å²) in [6.07, 6.45) is 1.41. The number of rotatable bonds is 2. The number of aromatic nitrogens is 2. The molecule has 0 saturated carbocycles. The maximum absolute atomic E-state index is 8.78. The molecule has 2 aromatic rings. The highest BCUT2D eigenvalue weighted by molar-refractivity contribution is 5.66. The lowest BCUT2D eigenvalue weighted by Crippen LogP contribution is -2.00. The van der Waals surface area contributed by atoms with Crippen LogP contribution in [0.1, 0.15) is 11.1 Å². The maximum atomic E-state index is 8.78. The van der Waals surface area contributed by atoms with E-state index in [1.807, 2.05) is 31.2 Å². The van der Waals surface area contributed by atoms with Gasteiger partial charge < -0.3 is 10.5 Å². The van der Waals surface area contributed by atoms with Crippen LogP contribution < -0.4 is 10.5 Å². The zero-order valence-electron chi connectivity index (χ0n) is 10.1. The van der Waals surface area contributed by atoms with E-state index >= 15 is 0 Å². The number of aryl methyl sites for hydroxylation is 1. The number of hydrogen-bond donors (Lipinski definition) is 1. The Kier molecular flexibility index (Phi) is 3.11. The number of anilines is 1. The van der Waals surface area contributed by atoms with E-state index in [1.54, 1.807) is 7.11 Å². The van der Waals surface area contributed by atoms with Crippen LogP contribution in [-0.2, 0) is 0 Å². The molecular formula is C13H12N4O. The van der Waals surface area contributed by atoms with Gasteiger partial charge in [0.25, 0.3) is 0 Å². The summed E-state index contributed by atoms with van der Waals surface area (Å²) in [6.45, 7) is 1.97. The SMILES string of the molecule is COc1cc(C)ccc1-c1ncc(C#N)c(N)n1. The molecule has 1 aromatic heterocycles. The van der Waals surface area contributed by atoms with Crippen LogP contribution in [0.25, 0.3) is 11.4 Å². The number of benzene rings is 1. The number of methoxy groups -OCH3 is 1. The van der Waals surface area contributed by atoms with Crippen LogP contribution in [0, 0.1) is 18.3 Å². The van der Waals surface area contributed by atoms with Gasteiger partial charge in [0.05, 0.1) is 18.9 Å². The zero-order chi connectivity index (χ0) is 13.1. The van der Waals surface area contributed by atoms with Crippen molar-refractivity contribution in [2.24, 2.45) is 0 Å². The first-order valence-electron chi connectivity index (χ1n) is 5.33. The molecule has 0 aliphatic heterocycles. The summed E-state index contributed by atoms with van der Waals surface area (Å²) in [4.78, 5) is 8.24. The molecule has 2 rings (SSSR count). The molecule has 0 unspecified atom stereocenters. The van der Waals surface area contributed by atoms with Crippen LogP contribution in [0.2, 0.25) is 0 Å². The second kappa shape index (κ2) is 4.72. The Hall–Kier alpha value is -2.61. The van der Waals surface area contributed by atoms with Gasteiger partial charge in [-0.05, 0) is 24.6 Å². The minimum Gasteiger partial charge on any atom is -0.496 e. The average Bonchev–Trinajstić information content (AvgIpc) is 2.38. The highest BCUT2D eigenvalue weighted by Crippen LogP contribution is 2.28. The minimum atomic E-state index is 0.171. The Bertz CT molecular complexity index is 631. The lowest BCUT2D eigenvalue weighted by atomic mass is 10.1. The first-order chi connectivity index (χ1) is 8.65. The van der Waals surface area contributed by atoms with Gasteiger partial charge in [-0.15, -0.1) is 0 Å². The largest absolute Gasteiger partial charge is 0.496 e. The highest BCUT2D eigenvalue weighted by atomic mass is 16.5. The van der Waals surface area contributed by atoms with Crippen molar-refractivity contribution in [3.05, 3.63) is 35.5 Å². The molecule has 0 saturated heterocycles. The second-order valence-corrected chi connectivity index (χ2v) is 3.81. The van der Waals surface area contributed by atoms with Crippen molar-refractivity contribution in [1.82, 2.24) is 9.97 Å². The van der Waals surface area contributed by atoms with Gasteiger partial charge in [-0.2, -0.15) is 5.26 Å². The van der Waals surface area contributed by atoms with Crippen LogP contribution in [0.4, 0.5) is 5.82 Å². The van der Waals surface area contributed by atoms with Gasteiger partial charge in [0.15, 0.2) is 5.82 Å². The Morgan fingerprint density at radius 2 is 2.17 bits per heavy atom. The van der Waals surface area contributed by atoms with Crippen molar-refractivity contribution < 1.29 is 4.74 Å². The number of ether oxygens (including phenoxy) is 1. The first kappa shape index (κ1) is 11.9. The molecule has 0 fully saturated rings. The summed E-state index contributed by atoms with van der Waals surface area (Å²) < 4.78 is 5.29. The van der Waals surface area contributed by atoms with Crippen LogP contribution in [0.3, 0.4) is 0 Å². The molecule has 0 amide bonds. The molecule has 90 valence electrons. The molecule has 0 bridgehead atoms. The van der Waals surface area contributed by atoms with Crippen molar-refractivity contribution in [1.29, 1.82) is 5.26 Å². The van der Waals surface area contributed by atoms with Gasteiger partial charge >= 0.3 is 0 Å². The van der Waals surface area contributed by atoms with Crippen molar-refractivity contribution in [3.63, 3.8) is 0 Å². The topological polar surface area (TPSA) is 84.8 Å². The molecule has 0 aliphatic carbocycles. The minimum absolute atomic E-state index is 0.171. The van der Waals surface area contributed by atoms with Gasteiger partial charge in [0.2, 0.25) is 0 Å². The normalized spacial score (nSPS) is 9.83. The highest BCUT2D eigenvalue weighted by Gasteiger charge is 2.10. The fourth-order valence-electron chi connectivity index (χ4n) is 1.59. The average molecular weight is 240 g/mol. The number of nitriles is 1. The van der Waals surface area contributed by atoms with Gasteiger partial charge in [-0.3, -0.25) is 0 Å². The molecule has 0 radical (unpaired) electrons. The molecule has 2 N–H and O–H groups in total. The van der Waals surface area contributed by atoms with Gasteiger partial charge in [-0.1, -0.05) is 6.07 Å². The van der Waals surface area contributed by atoms with Crippen molar-refractivity contribution in [2.75, 3.05) is 12.8 Å². The number of nitrogen functional groups attached to an aromatic ring is 1. The molecule has 0 spiro atoms. The third kappa shape index (κ3) is 2.09. The van der Waals surface area contributed by atoms with Crippen molar-refractivity contribution in [3.8, 4) is 23.2 Å². The third-order valence-corrected chi connectivity index (χ3v) is 2.54. The lowest BCUT2D eigenvalue weighted by molar-refractivity contribution is 0.416. The molecule has 5 nitrogen and oxygen atoms in total. The van der Waals surface area contributed by atoms with Crippen LogP contribution in [0.5, 0.6) is 5.75 Å². The molecular weight excluding hydrogens is 228 g/mol. The molecule has 1 aromatic carbocycles. The number of hydrogen-bond acceptors (Lipinski definition) is 5. The summed E-state index contributed by atoms with van der Waals surface area (Å²) in [5.74, 6) is 1.30. The van der Waals surface area contributed by atoms with Crippen molar-refractivity contribution >= 4 is 5.82 Å². The quantitative estimate of drug-likeness (QED) is 0.866. The van der Waals surface area contributed by atoms with E-state index in [9.17, 15) is 0 Å². The van der Waals surface area contributed by atoms with E-state index in [2.05, 4.69) is 9.97 Å². The first-order valence-corrected chi connectivity index (χ1v) is 5.33. The van der Waals surface area contributed by atoms with Gasteiger partial charge in [0.1, 0.15) is 23.2 Å². The van der Waals surface area contributed by atoms with Crippen molar-refractivity contribution in [2.45, 2.75) is 6.92 Å². The van der Waals surface area contributed by atoms with Gasteiger partial charge in [0, 0.05) is 0 Å². The Balaban J connectivity index is 2.56. The Morgan fingerprint density at radius 1 is 1.39 bits per heavy atom. The smallest absolute Gasteiger partial charge is 0.165 e. The van der Waals surface area contributed by atoms with E-state index in [0.717, 1.165) is 11.1 Å². The van der Waals surface area contributed by atoms with E-state index in [-0.39, 0.29) is 11.4 Å². The van der Waals surface area contributed by atoms with E-state index in [1.165, 1.54) is 6.20 Å². The van der Waals surface area contributed by atoms with Crippen LogP contribution in [-0.4, -0.2) is 17.1 Å². The summed E-state index contributed by atoms with van der Waals surface area (Å²) in [6, 6.07) is 7.64. The fourth-order valence-corrected chi connectivity index (χ4v) is 1.59. The summed E-state index contributed by atoms with van der Waals surface area (Å²) in [7, 11) is 1.59. The molecule has 0 atom stereocenters. The maximum Gasteiger partial charge on any atom is 0.165 e. The summed E-state index contributed by atoms with van der Waals surface area (Å²) >= 11 is 0. The van der Waals surface area contributed by atoms with Crippen LogP contribution in [0.15, 0.2) is 24.4 Å². The standard InChI is InChI=1S/C13H12N4O/c1-8-3-4-10(11(5-8)18-2)13-16-7-9(6-14)12(15)17-13/h3-5,7H,1-2H3,(H2,15,16,17). The summed E-state index contributed by atoms with van der Waals surface area (Å²) in [5.41, 5.74) is 7.77. The Labute approximate surface area is 105 Å². The molecule has 1 heterocycles. The van der Waals surface area contributed by atoms with E-state index in [0.29, 0.717) is 11.6 Å². The number of nitrogens with zero attached hydrogens (tertiary/aromatic N) is 3. The lowest BCUT2D eigenvalue weighted by Gasteiger charge is -2.08. The van der Waals surface area contributed by atoms with E-state index < -0.39 is 0 Å². The zero-order valence-corrected chi connectivity index (χ0v) is 10.1. The second-order valence-electron chi connectivity index (χ2n) is 3.81. The molecule has 0 aliphatic rings. The van der Waals surface area contributed by atoms with E-state index in [4.69, 9.17) is 15.7 Å². The fraction of sp³-hybridized carbons (Fsp3) is 0.154. The molecule has 18 heavy (non-hydrogen) atoms. The summed E-state index contributed by atoms with van der Waals surface area (Å²) in [5, 5.41) is 8.78.